The van der Waals surface area contributed by atoms with Crippen molar-refractivity contribution in [1.82, 2.24) is 9.88 Å². The second-order valence-corrected chi connectivity index (χ2v) is 4.60. The molecule has 0 saturated carbocycles. The Morgan fingerprint density at radius 2 is 2.12 bits per heavy atom. The molecule has 94 valence electrons. The van der Waals surface area contributed by atoms with E-state index in [4.69, 9.17) is 9.47 Å². The van der Waals surface area contributed by atoms with Crippen LogP contribution in [-0.4, -0.2) is 36.2 Å². The molecule has 0 bridgehead atoms. The molecule has 1 aliphatic heterocycles. The maximum Gasteiger partial charge on any atom is 0.213 e. The number of methoxy groups -OCH3 is 1. The number of ether oxygens (including phenoxy) is 2. The van der Waals surface area contributed by atoms with Crippen molar-refractivity contribution < 1.29 is 9.47 Å². The van der Waals surface area contributed by atoms with Crippen molar-refractivity contribution in [2.45, 2.75) is 33.0 Å². The van der Waals surface area contributed by atoms with Gasteiger partial charge in [-0.1, -0.05) is 6.07 Å². The third-order valence-corrected chi connectivity index (χ3v) is 3.04. The van der Waals surface area contributed by atoms with Crippen LogP contribution in [0, 0.1) is 0 Å². The van der Waals surface area contributed by atoms with Crippen molar-refractivity contribution >= 4 is 0 Å². The van der Waals surface area contributed by atoms with Gasteiger partial charge in [0.05, 0.1) is 12.3 Å². The van der Waals surface area contributed by atoms with Gasteiger partial charge in [0.1, 0.15) is 6.61 Å². The van der Waals surface area contributed by atoms with Gasteiger partial charge >= 0.3 is 0 Å². The Hall–Kier alpha value is -1.13. The van der Waals surface area contributed by atoms with Gasteiger partial charge in [0.2, 0.25) is 5.88 Å². The number of rotatable bonds is 5. The Kier molecular flexibility index (Phi) is 3.97. The Balaban J connectivity index is 2.00. The minimum atomic E-state index is 0.552. The van der Waals surface area contributed by atoms with E-state index in [1.165, 1.54) is 5.56 Å². The molecule has 4 heteroatoms. The highest BCUT2D eigenvalue weighted by Gasteiger charge is 2.22. The monoisotopic (exact) mass is 236 g/mol. The highest BCUT2D eigenvalue weighted by molar-refractivity contribution is 5.28. The molecule has 2 heterocycles. The van der Waals surface area contributed by atoms with Crippen molar-refractivity contribution in [3.8, 4) is 5.88 Å². The molecule has 0 saturated heterocycles. The van der Waals surface area contributed by atoms with E-state index < -0.39 is 0 Å². The standard InChI is InChI=1S/C13H20N2O2/c1-10(2)15-8-11-4-5-13(14-12(11)9-15)17-7-6-16-3/h4-5,10H,6-9H2,1-3H3. The second kappa shape index (κ2) is 5.47. The van der Waals surface area contributed by atoms with Gasteiger partial charge in [0.15, 0.2) is 0 Å². The molecular formula is C13H20N2O2. The number of fused-ring (bicyclic) bond motifs is 1. The largest absolute Gasteiger partial charge is 0.475 e. The lowest BCUT2D eigenvalue weighted by molar-refractivity contribution is 0.143. The van der Waals surface area contributed by atoms with E-state index >= 15 is 0 Å². The van der Waals surface area contributed by atoms with Gasteiger partial charge in [-0.15, -0.1) is 0 Å². The molecule has 1 aromatic heterocycles. The molecule has 0 fully saturated rings. The van der Waals surface area contributed by atoms with Crippen LogP contribution in [0.4, 0.5) is 0 Å². The van der Waals surface area contributed by atoms with Crippen LogP contribution in [0.3, 0.4) is 0 Å². The second-order valence-electron chi connectivity index (χ2n) is 4.60. The lowest BCUT2D eigenvalue weighted by atomic mass is 10.2. The molecule has 0 N–H and O–H groups in total. The number of hydrogen-bond acceptors (Lipinski definition) is 4. The summed E-state index contributed by atoms with van der Waals surface area (Å²) in [6.07, 6.45) is 0. The molecule has 1 aliphatic rings. The fourth-order valence-corrected chi connectivity index (χ4v) is 1.93. The number of hydrogen-bond donors (Lipinski definition) is 0. The molecular weight excluding hydrogens is 216 g/mol. The fraction of sp³-hybridized carbons (Fsp3) is 0.615. The average molecular weight is 236 g/mol. The zero-order valence-electron chi connectivity index (χ0n) is 10.8. The van der Waals surface area contributed by atoms with Crippen molar-refractivity contribution in [2.24, 2.45) is 0 Å². The normalized spacial score (nSPS) is 15.3. The SMILES string of the molecule is COCCOc1ccc2c(n1)CN(C(C)C)C2. The minimum Gasteiger partial charge on any atom is -0.475 e. The third kappa shape index (κ3) is 2.96. The van der Waals surface area contributed by atoms with Gasteiger partial charge in [-0.3, -0.25) is 4.90 Å². The first-order valence-corrected chi connectivity index (χ1v) is 6.05. The molecule has 17 heavy (non-hydrogen) atoms. The van der Waals surface area contributed by atoms with Gasteiger partial charge < -0.3 is 9.47 Å². The predicted molar refractivity (Wildman–Crippen MR) is 66.0 cm³/mol. The van der Waals surface area contributed by atoms with Crippen LogP contribution in [0.25, 0.3) is 0 Å². The molecule has 0 aromatic carbocycles. The summed E-state index contributed by atoms with van der Waals surface area (Å²) in [4.78, 5) is 6.94. The quantitative estimate of drug-likeness (QED) is 0.731. The molecule has 0 radical (unpaired) electrons. The van der Waals surface area contributed by atoms with E-state index in [0.29, 0.717) is 25.1 Å². The Morgan fingerprint density at radius 1 is 1.29 bits per heavy atom. The first kappa shape index (κ1) is 12.3. The van der Waals surface area contributed by atoms with Crippen LogP contribution in [-0.2, 0) is 17.8 Å². The summed E-state index contributed by atoms with van der Waals surface area (Å²) in [6, 6.07) is 4.62. The van der Waals surface area contributed by atoms with Gasteiger partial charge in [0, 0.05) is 32.3 Å². The van der Waals surface area contributed by atoms with Crippen LogP contribution in [0.1, 0.15) is 25.1 Å². The van der Waals surface area contributed by atoms with Gasteiger partial charge in [-0.2, -0.15) is 0 Å². The van der Waals surface area contributed by atoms with E-state index in [0.717, 1.165) is 18.8 Å². The topological polar surface area (TPSA) is 34.6 Å². The lowest BCUT2D eigenvalue weighted by Gasteiger charge is -2.18. The van der Waals surface area contributed by atoms with Crippen LogP contribution in [0.5, 0.6) is 5.88 Å². The first-order chi connectivity index (χ1) is 8.20. The van der Waals surface area contributed by atoms with Crippen molar-refractivity contribution in [2.75, 3.05) is 20.3 Å². The van der Waals surface area contributed by atoms with E-state index in [2.05, 4.69) is 29.8 Å². The van der Waals surface area contributed by atoms with Gasteiger partial charge in [-0.05, 0) is 19.4 Å². The number of nitrogens with zero attached hydrogens (tertiary/aromatic N) is 2. The molecule has 0 amide bonds. The van der Waals surface area contributed by atoms with E-state index in [1.807, 2.05) is 6.07 Å². The van der Waals surface area contributed by atoms with Crippen molar-refractivity contribution in [1.29, 1.82) is 0 Å². The maximum atomic E-state index is 5.51. The Labute approximate surface area is 103 Å². The minimum absolute atomic E-state index is 0.552. The predicted octanol–water partition coefficient (Wildman–Crippen LogP) is 1.83. The summed E-state index contributed by atoms with van der Waals surface area (Å²) in [7, 11) is 1.67. The average Bonchev–Trinajstić information content (AvgIpc) is 2.72. The highest BCUT2D eigenvalue weighted by atomic mass is 16.5. The third-order valence-electron chi connectivity index (χ3n) is 3.04. The van der Waals surface area contributed by atoms with Gasteiger partial charge in [-0.25, -0.2) is 4.98 Å². The van der Waals surface area contributed by atoms with Crippen LogP contribution in [0.15, 0.2) is 12.1 Å². The van der Waals surface area contributed by atoms with Crippen molar-refractivity contribution in [3.63, 3.8) is 0 Å². The molecule has 0 spiro atoms. The van der Waals surface area contributed by atoms with Crippen LogP contribution >= 0.6 is 0 Å². The number of aromatic nitrogens is 1. The molecule has 0 unspecified atom stereocenters. The van der Waals surface area contributed by atoms with Crippen LogP contribution < -0.4 is 4.74 Å². The fourth-order valence-electron chi connectivity index (χ4n) is 1.93. The van der Waals surface area contributed by atoms with Crippen molar-refractivity contribution in [3.05, 3.63) is 23.4 Å². The van der Waals surface area contributed by atoms with E-state index in [9.17, 15) is 0 Å². The number of pyridine rings is 1. The highest BCUT2D eigenvalue weighted by Crippen LogP contribution is 2.24. The summed E-state index contributed by atoms with van der Waals surface area (Å²) in [5.41, 5.74) is 2.46. The first-order valence-electron chi connectivity index (χ1n) is 6.05. The maximum absolute atomic E-state index is 5.51. The molecule has 2 rings (SSSR count). The zero-order valence-corrected chi connectivity index (χ0v) is 10.8. The lowest BCUT2D eigenvalue weighted by Crippen LogP contribution is -2.24. The summed E-state index contributed by atoms with van der Waals surface area (Å²) >= 11 is 0. The Morgan fingerprint density at radius 3 is 2.82 bits per heavy atom. The molecule has 4 nitrogen and oxygen atoms in total. The summed E-state index contributed by atoms with van der Waals surface area (Å²) in [5, 5.41) is 0. The molecule has 0 aliphatic carbocycles. The van der Waals surface area contributed by atoms with E-state index in [1.54, 1.807) is 7.11 Å². The van der Waals surface area contributed by atoms with E-state index in [-0.39, 0.29) is 0 Å². The Bertz CT molecular complexity index is 380. The molecule has 1 aromatic rings. The smallest absolute Gasteiger partial charge is 0.213 e. The summed E-state index contributed by atoms with van der Waals surface area (Å²) in [6.45, 7) is 7.49. The van der Waals surface area contributed by atoms with Gasteiger partial charge in [0.25, 0.3) is 0 Å². The summed E-state index contributed by atoms with van der Waals surface area (Å²) in [5.74, 6) is 0.700. The zero-order chi connectivity index (χ0) is 12.3. The molecule has 0 atom stereocenters. The summed E-state index contributed by atoms with van der Waals surface area (Å²) < 4.78 is 10.5. The van der Waals surface area contributed by atoms with Crippen LogP contribution in [0.2, 0.25) is 0 Å².